The van der Waals surface area contributed by atoms with E-state index in [0.717, 1.165) is 0 Å². The molecule has 1 rings (SSSR count). The van der Waals surface area contributed by atoms with E-state index >= 15 is 0 Å². The van der Waals surface area contributed by atoms with Crippen molar-refractivity contribution in [3.63, 3.8) is 0 Å². The Hall–Kier alpha value is -1.63. The smallest absolute Gasteiger partial charge is 0.307 e. The molecule has 0 aliphatic rings. The van der Waals surface area contributed by atoms with Crippen LogP contribution in [0.25, 0.3) is 0 Å². The molecule has 0 amide bonds. The Balaban J connectivity index is 2.82. The highest BCUT2D eigenvalue weighted by Gasteiger charge is 2.21. The normalized spacial score (nSPS) is 10.1. The van der Waals surface area contributed by atoms with Crippen LogP contribution in [0.15, 0.2) is 22.7 Å². The number of rotatable bonds is 6. The second-order valence-corrected chi connectivity index (χ2v) is 4.70. The van der Waals surface area contributed by atoms with Crippen LogP contribution < -0.4 is 4.90 Å². The monoisotopic (exact) mass is 330 g/mol. The molecule has 0 spiro atoms. The van der Waals surface area contributed by atoms with E-state index in [1.54, 1.807) is 37.1 Å². The van der Waals surface area contributed by atoms with Crippen LogP contribution in [-0.4, -0.2) is 31.1 Å². The maximum atomic E-state index is 11.3. The molecule has 0 radical (unpaired) electrons. The van der Waals surface area contributed by atoms with Gasteiger partial charge in [0.1, 0.15) is 5.69 Å². The fourth-order valence-corrected chi connectivity index (χ4v) is 2.11. The summed E-state index contributed by atoms with van der Waals surface area (Å²) in [5.74, 6) is -0.313. The number of nitro benzene ring substituents is 1. The van der Waals surface area contributed by atoms with Crippen LogP contribution in [-0.2, 0) is 9.53 Å². The minimum Gasteiger partial charge on any atom is -0.466 e. The first-order chi connectivity index (χ1) is 8.97. The van der Waals surface area contributed by atoms with Crippen molar-refractivity contribution in [2.45, 2.75) is 13.3 Å². The van der Waals surface area contributed by atoms with Crippen molar-refractivity contribution in [1.82, 2.24) is 0 Å². The topological polar surface area (TPSA) is 72.7 Å². The number of para-hydroxylation sites is 1. The summed E-state index contributed by atoms with van der Waals surface area (Å²) in [6.45, 7) is 2.43. The van der Waals surface area contributed by atoms with Gasteiger partial charge in [0.25, 0.3) is 0 Å². The first-order valence-corrected chi connectivity index (χ1v) is 6.56. The molecule has 19 heavy (non-hydrogen) atoms. The summed E-state index contributed by atoms with van der Waals surface area (Å²) in [4.78, 5) is 23.5. The fraction of sp³-hybridized carbons (Fsp3) is 0.417. The van der Waals surface area contributed by atoms with Crippen molar-refractivity contribution in [1.29, 1.82) is 0 Å². The molecule has 0 saturated heterocycles. The van der Waals surface area contributed by atoms with Gasteiger partial charge in [-0.15, -0.1) is 0 Å². The van der Waals surface area contributed by atoms with Gasteiger partial charge in [-0.2, -0.15) is 0 Å². The third kappa shape index (κ3) is 4.20. The van der Waals surface area contributed by atoms with Gasteiger partial charge in [-0.1, -0.05) is 6.07 Å². The molecular formula is C12H15BrN2O4. The molecule has 104 valence electrons. The second kappa shape index (κ2) is 7.08. The number of carbonyl (C=O) groups excluding carboxylic acids is 1. The average molecular weight is 331 g/mol. The molecule has 0 unspecified atom stereocenters. The van der Waals surface area contributed by atoms with Crippen LogP contribution in [0.2, 0.25) is 0 Å². The Morgan fingerprint density at radius 3 is 2.79 bits per heavy atom. The predicted molar refractivity (Wildman–Crippen MR) is 75.3 cm³/mol. The fourth-order valence-electron chi connectivity index (χ4n) is 1.61. The van der Waals surface area contributed by atoms with Gasteiger partial charge in [0.2, 0.25) is 0 Å². The maximum absolute atomic E-state index is 11.3. The summed E-state index contributed by atoms with van der Waals surface area (Å²) in [5.41, 5.74) is 0.456. The molecule has 0 saturated carbocycles. The Morgan fingerprint density at radius 1 is 1.53 bits per heavy atom. The van der Waals surface area contributed by atoms with Gasteiger partial charge in [0, 0.05) is 13.6 Å². The molecule has 0 fully saturated rings. The molecule has 0 heterocycles. The van der Waals surface area contributed by atoms with Gasteiger partial charge < -0.3 is 9.64 Å². The highest BCUT2D eigenvalue weighted by Crippen LogP contribution is 2.34. The number of benzene rings is 1. The predicted octanol–water partition coefficient (Wildman–Crippen LogP) is 2.75. The van der Waals surface area contributed by atoms with Crippen molar-refractivity contribution in [3.05, 3.63) is 32.8 Å². The second-order valence-electron chi connectivity index (χ2n) is 3.84. The van der Waals surface area contributed by atoms with Gasteiger partial charge in [-0.05, 0) is 35.0 Å². The third-order valence-electron chi connectivity index (χ3n) is 2.52. The van der Waals surface area contributed by atoms with Crippen molar-refractivity contribution in [3.8, 4) is 0 Å². The lowest BCUT2D eigenvalue weighted by atomic mass is 10.2. The van der Waals surface area contributed by atoms with Gasteiger partial charge >= 0.3 is 11.7 Å². The summed E-state index contributed by atoms with van der Waals surface area (Å²) in [6, 6.07) is 4.97. The largest absolute Gasteiger partial charge is 0.466 e. The molecule has 6 nitrogen and oxygen atoms in total. The van der Waals surface area contributed by atoms with E-state index in [-0.39, 0.29) is 18.1 Å². The molecule has 0 aliphatic carbocycles. The lowest BCUT2D eigenvalue weighted by Gasteiger charge is -2.18. The summed E-state index contributed by atoms with van der Waals surface area (Å²) < 4.78 is 5.24. The summed E-state index contributed by atoms with van der Waals surface area (Å²) >= 11 is 3.16. The first kappa shape index (κ1) is 15.4. The Morgan fingerprint density at radius 2 is 2.21 bits per heavy atom. The molecule has 0 aliphatic heterocycles. The van der Waals surface area contributed by atoms with Crippen LogP contribution in [0, 0.1) is 10.1 Å². The lowest BCUT2D eigenvalue weighted by molar-refractivity contribution is -0.384. The quantitative estimate of drug-likeness (QED) is 0.455. The standard InChI is InChI=1S/C12H15BrN2O4/c1-3-19-11(16)7-8-14(2)10-6-4-5-9(13)12(10)15(17)18/h4-6H,3,7-8H2,1-2H3. The molecule has 0 atom stereocenters. The Labute approximate surface area is 119 Å². The van der Waals surface area contributed by atoms with E-state index in [1.807, 2.05) is 0 Å². The number of ether oxygens (including phenoxy) is 1. The lowest BCUT2D eigenvalue weighted by Crippen LogP contribution is -2.22. The number of nitrogens with zero attached hydrogens (tertiary/aromatic N) is 2. The molecular weight excluding hydrogens is 316 g/mol. The van der Waals surface area contributed by atoms with Crippen molar-refractivity contribution < 1.29 is 14.5 Å². The summed E-state index contributed by atoms with van der Waals surface area (Å²) in [6.07, 6.45) is 0.188. The van der Waals surface area contributed by atoms with Gasteiger partial charge in [0.15, 0.2) is 0 Å². The van der Waals surface area contributed by atoms with Crippen molar-refractivity contribution >= 4 is 33.3 Å². The summed E-state index contributed by atoms with van der Waals surface area (Å²) in [7, 11) is 1.70. The summed E-state index contributed by atoms with van der Waals surface area (Å²) in [5, 5.41) is 11.0. The Bertz CT molecular complexity index is 479. The number of nitro groups is 1. The maximum Gasteiger partial charge on any atom is 0.307 e. The van der Waals surface area contributed by atoms with E-state index < -0.39 is 4.92 Å². The molecule has 1 aromatic carbocycles. The van der Waals surface area contributed by atoms with E-state index in [0.29, 0.717) is 23.3 Å². The molecule has 0 N–H and O–H groups in total. The van der Waals surface area contributed by atoms with E-state index in [9.17, 15) is 14.9 Å². The molecule has 1 aromatic rings. The van der Waals surface area contributed by atoms with Crippen molar-refractivity contribution in [2.24, 2.45) is 0 Å². The highest BCUT2D eigenvalue weighted by atomic mass is 79.9. The molecule has 0 aromatic heterocycles. The zero-order valence-corrected chi connectivity index (χ0v) is 12.3. The zero-order chi connectivity index (χ0) is 14.4. The van der Waals surface area contributed by atoms with E-state index in [2.05, 4.69) is 15.9 Å². The number of anilines is 1. The van der Waals surface area contributed by atoms with Gasteiger partial charge in [-0.25, -0.2) is 0 Å². The zero-order valence-electron chi connectivity index (χ0n) is 10.8. The number of halogens is 1. The van der Waals surface area contributed by atoms with Crippen LogP contribution in [0.4, 0.5) is 11.4 Å². The van der Waals surface area contributed by atoms with E-state index in [1.165, 1.54) is 0 Å². The number of hydrogen-bond acceptors (Lipinski definition) is 5. The Kier molecular flexibility index (Phi) is 5.75. The number of carbonyl (C=O) groups is 1. The highest BCUT2D eigenvalue weighted by molar-refractivity contribution is 9.10. The number of hydrogen-bond donors (Lipinski definition) is 0. The molecule has 7 heteroatoms. The average Bonchev–Trinajstić information content (AvgIpc) is 2.35. The minimum atomic E-state index is -0.444. The molecule has 0 bridgehead atoms. The van der Waals surface area contributed by atoms with Crippen LogP contribution in [0.5, 0.6) is 0 Å². The van der Waals surface area contributed by atoms with Crippen LogP contribution >= 0.6 is 15.9 Å². The van der Waals surface area contributed by atoms with Crippen molar-refractivity contribution in [2.75, 3.05) is 25.1 Å². The SMILES string of the molecule is CCOC(=O)CCN(C)c1cccc(Br)c1[N+](=O)[O-]. The van der Waals surface area contributed by atoms with Gasteiger partial charge in [0.05, 0.1) is 22.4 Å². The number of esters is 1. The first-order valence-electron chi connectivity index (χ1n) is 5.77. The minimum absolute atomic E-state index is 0.00569. The van der Waals surface area contributed by atoms with Crippen LogP contribution in [0.1, 0.15) is 13.3 Å². The van der Waals surface area contributed by atoms with Gasteiger partial charge in [-0.3, -0.25) is 14.9 Å². The third-order valence-corrected chi connectivity index (χ3v) is 3.16. The van der Waals surface area contributed by atoms with Crippen LogP contribution in [0.3, 0.4) is 0 Å². The van der Waals surface area contributed by atoms with E-state index in [4.69, 9.17) is 4.74 Å².